The molecule has 0 saturated carbocycles. The van der Waals surface area contributed by atoms with Crippen LogP contribution in [0.3, 0.4) is 0 Å². The molecule has 8 heteroatoms. The molecule has 7 nitrogen and oxygen atoms in total. The van der Waals surface area contributed by atoms with Crippen molar-refractivity contribution in [2.45, 2.75) is 33.2 Å². The minimum absolute atomic E-state index is 0.00220. The molecule has 2 heterocycles. The average Bonchev–Trinajstić information content (AvgIpc) is 3.01. The first kappa shape index (κ1) is 15.2. The predicted molar refractivity (Wildman–Crippen MR) is 77.4 cm³/mol. The third kappa shape index (κ3) is 3.46. The van der Waals surface area contributed by atoms with Crippen LogP contribution in [0.2, 0.25) is 0 Å². The molecule has 0 saturated heterocycles. The van der Waals surface area contributed by atoms with E-state index in [4.69, 9.17) is 5.11 Å². The second-order valence-corrected chi connectivity index (χ2v) is 5.64. The highest BCUT2D eigenvalue weighted by molar-refractivity contribution is 7.09. The maximum Gasteiger partial charge on any atom is 0.355 e. The van der Waals surface area contributed by atoms with Gasteiger partial charge in [0.25, 0.3) is 0 Å². The standard InChI is InChI=1S/C13H16N4O3S/c1-6-9(7(2)17-16-6)4-11(18)14-8(3)12-15-10(5-21-12)13(19)20/h5,8H,4H2,1-3H3,(H,14,18)(H,16,17)(H,19,20). The smallest absolute Gasteiger partial charge is 0.355 e. The van der Waals surface area contributed by atoms with Gasteiger partial charge in [0.15, 0.2) is 5.69 Å². The lowest BCUT2D eigenvalue weighted by Gasteiger charge is -2.11. The summed E-state index contributed by atoms with van der Waals surface area (Å²) < 4.78 is 0. The van der Waals surface area contributed by atoms with Crippen LogP contribution in [0, 0.1) is 13.8 Å². The number of thiazole rings is 1. The fourth-order valence-corrected chi connectivity index (χ4v) is 2.73. The average molecular weight is 308 g/mol. The number of aryl methyl sites for hydroxylation is 2. The van der Waals surface area contributed by atoms with Crippen LogP contribution in [0.25, 0.3) is 0 Å². The minimum Gasteiger partial charge on any atom is -0.476 e. The highest BCUT2D eigenvalue weighted by atomic mass is 32.1. The summed E-state index contributed by atoms with van der Waals surface area (Å²) in [4.78, 5) is 26.8. The fraction of sp³-hybridized carbons (Fsp3) is 0.385. The molecule has 21 heavy (non-hydrogen) atoms. The number of carboxylic acids is 1. The Labute approximate surface area is 125 Å². The number of nitrogens with zero attached hydrogens (tertiary/aromatic N) is 2. The molecule has 112 valence electrons. The SMILES string of the molecule is Cc1n[nH]c(C)c1CC(=O)NC(C)c1nc(C(=O)O)cs1. The van der Waals surface area contributed by atoms with Gasteiger partial charge in [0.05, 0.1) is 18.2 Å². The molecule has 1 atom stereocenters. The topological polar surface area (TPSA) is 108 Å². The molecule has 0 radical (unpaired) electrons. The largest absolute Gasteiger partial charge is 0.476 e. The number of hydrogen-bond donors (Lipinski definition) is 3. The van der Waals surface area contributed by atoms with E-state index in [2.05, 4.69) is 20.5 Å². The van der Waals surface area contributed by atoms with E-state index in [9.17, 15) is 9.59 Å². The van der Waals surface area contributed by atoms with E-state index >= 15 is 0 Å². The maximum atomic E-state index is 12.0. The van der Waals surface area contributed by atoms with Crippen LogP contribution >= 0.6 is 11.3 Å². The van der Waals surface area contributed by atoms with Gasteiger partial charge in [-0.05, 0) is 20.8 Å². The van der Waals surface area contributed by atoms with Crippen LogP contribution in [0.1, 0.15) is 45.4 Å². The number of hydrogen-bond acceptors (Lipinski definition) is 5. The van der Waals surface area contributed by atoms with Crippen molar-refractivity contribution in [3.63, 3.8) is 0 Å². The molecule has 0 bridgehead atoms. The number of carbonyl (C=O) groups excluding carboxylic acids is 1. The molecular formula is C13H16N4O3S. The molecule has 0 aliphatic heterocycles. The quantitative estimate of drug-likeness (QED) is 0.777. The molecule has 3 N–H and O–H groups in total. The van der Waals surface area contributed by atoms with Gasteiger partial charge in [-0.15, -0.1) is 11.3 Å². The molecule has 2 rings (SSSR count). The van der Waals surface area contributed by atoms with E-state index in [1.54, 1.807) is 6.92 Å². The summed E-state index contributed by atoms with van der Waals surface area (Å²) in [6.45, 7) is 5.49. The monoisotopic (exact) mass is 308 g/mol. The summed E-state index contributed by atoms with van der Waals surface area (Å²) in [6, 6.07) is -0.330. The van der Waals surface area contributed by atoms with Crippen molar-refractivity contribution < 1.29 is 14.7 Å². The van der Waals surface area contributed by atoms with Gasteiger partial charge in [-0.25, -0.2) is 9.78 Å². The van der Waals surface area contributed by atoms with Crippen LogP contribution in [-0.2, 0) is 11.2 Å². The second kappa shape index (κ2) is 6.04. The van der Waals surface area contributed by atoms with Gasteiger partial charge in [-0.3, -0.25) is 9.89 Å². The molecule has 0 aliphatic carbocycles. The zero-order valence-electron chi connectivity index (χ0n) is 11.9. The van der Waals surface area contributed by atoms with Crippen LogP contribution in [0.15, 0.2) is 5.38 Å². The van der Waals surface area contributed by atoms with Crippen molar-refractivity contribution in [1.82, 2.24) is 20.5 Å². The lowest BCUT2D eigenvalue weighted by Crippen LogP contribution is -2.28. The predicted octanol–water partition coefficient (Wildman–Crippen LogP) is 1.60. The number of aromatic carboxylic acids is 1. The first-order chi connectivity index (χ1) is 9.88. The van der Waals surface area contributed by atoms with Crippen molar-refractivity contribution >= 4 is 23.2 Å². The first-order valence-corrected chi connectivity index (χ1v) is 7.25. The molecule has 0 fully saturated rings. The van der Waals surface area contributed by atoms with Crippen molar-refractivity contribution in [3.8, 4) is 0 Å². The molecule has 0 aliphatic rings. The van der Waals surface area contributed by atoms with Crippen molar-refractivity contribution in [2.75, 3.05) is 0 Å². The van der Waals surface area contributed by atoms with Gasteiger partial charge >= 0.3 is 5.97 Å². The Kier molecular flexibility index (Phi) is 4.37. The van der Waals surface area contributed by atoms with Gasteiger partial charge in [0, 0.05) is 16.6 Å². The van der Waals surface area contributed by atoms with Crippen molar-refractivity contribution in [3.05, 3.63) is 33.0 Å². The Bertz CT molecular complexity index is 657. The minimum atomic E-state index is -1.07. The number of nitrogens with one attached hydrogen (secondary N) is 2. The van der Waals surface area contributed by atoms with E-state index in [0.29, 0.717) is 5.01 Å². The summed E-state index contributed by atoms with van der Waals surface area (Å²) in [7, 11) is 0. The Morgan fingerprint density at radius 2 is 2.19 bits per heavy atom. The van der Waals surface area contributed by atoms with Crippen molar-refractivity contribution in [1.29, 1.82) is 0 Å². The number of carbonyl (C=O) groups is 2. The second-order valence-electron chi connectivity index (χ2n) is 4.75. The third-order valence-corrected chi connectivity index (χ3v) is 4.13. The molecule has 0 spiro atoms. The molecule has 2 aromatic rings. The third-order valence-electron chi connectivity index (χ3n) is 3.11. The Hall–Kier alpha value is -2.22. The van der Waals surface area contributed by atoms with Gasteiger partial charge in [-0.2, -0.15) is 5.10 Å². The normalized spacial score (nSPS) is 12.1. The van der Waals surface area contributed by atoms with Crippen LogP contribution in [0.4, 0.5) is 0 Å². The maximum absolute atomic E-state index is 12.0. The van der Waals surface area contributed by atoms with Gasteiger partial charge in [0.2, 0.25) is 5.91 Å². The summed E-state index contributed by atoms with van der Waals surface area (Å²) >= 11 is 1.22. The zero-order valence-corrected chi connectivity index (χ0v) is 12.7. The summed E-state index contributed by atoms with van der Waals surface area (Å²) in [5, 5.41) is 20.6. The highest BCUT2D eigenvalue weighted by Crippen LogP contribution is 2.18. The Morgan fingerprint density at radius 3 is 2.71 bits per heavy atom. The number of aromatic amines is 1. The van der Waals surface area contributed by atoms with Crippen molar-refractivity contribution in [2.24, 2.45) is 0 Å². The van der Waals surface area contributed by atoms with E-state index in [-0.39, 0.29) is 24.1 Å². The zero-order chi connectivity index (χ0) is 15.6. The lowest BCUT2D eigenvalue weighted by atomic mass is 10.1. The van der Waals surface area contributed by atoms with E-state index in [0.717, 1.165) is 17.0 Å². The van der Waals surface area contributed by atoms with Gasteiger partial charge in [0.1, 0.15) is 5.01 Å². The lowest BCUT2D eigenvalue weighted by molar-refractivity contribution is -0.121. The van der Waals surface area contributed by atoms with Gasteiger partial charge in [-0.1, -0.05) is 0 Å². The Balaban J connectivity index is 2.00. The summed E-state index contributed by atoms with van der Waals surface area (Å²) in [6.07, 6.45) is 0.232. The number of rotatable bonds is 5. The number of H-pyrrole nitrogens is 1. The van der Waals surface area contributed by atoms with Crippen LogP contribution < -0.4 is 5.32 Å². The van der Waals surface area contributed by atoms with Gasteiger partial charge < -0.3 is 10.4 Å². The summed E-state index contributed by atoms with van der Waals surface area (Å²) in [5.41, 5.74) is 2.55. The number of aromatic nitrogens is 3. The molecule has 0 aromatic carbocycles. The van der Waals surface area contributed by atoms with E-state index in [1.807, 2.05) is 13.8 Å². The van der Waals surface area contributed by atoms with E-state index < -0.39 is 5.97 Å². The van der Waals surface area contributed by atoms with Crippen LogP contribution in [0.5, 0.6) is 0 Å². The first-order valence-electron chi connectivity index (χ1n) is 6.37. The fourth-order valence-electron chi connectivity index (χ4n) is 1.93. The highest BCUT2D eigenvalue weighted by Gasteiger charge is 2.17. The summed E-state index contributed by atoms with van der Waals surface area (Å²) in [5.74, 6) is -1.22. The molecule has 1 amide bonds. The van der Waals surface area contributed by atoms with E-state index in [1.165, 1.54) is 16.7 Å². The molecule has 1 unspecified atom stereocenters. The number of carboxylic acid groups (broad SMARTS) is 1. The number of amides is 1. The molecule has 2 aromatic heterocycles. The van der Waals surface area contributed by atoms with Crippen LogP contribution in [-0.4, -0.2) is 32.2 Å². The Morgan fingerprint density at radius 1 is 1.48 bits per heavy atom. The molecular weight excluding hydrogens is 292 g/mol.